The van der Waals surface area contributed by atoms with Crippen LogP contribution in [0, 0.1) is 28.6 Å². The molecule has 4 aliphatic carbocycles. The molecule has 3 saturated heterocycles. The fourth-order valence-corrected chi connectivity index (χ4v) is 13.4. The lowest BCUT2D eigenvalue weighted by Gasteiger charge is -2.63. The molecule has 0 unspecified atom stereocenters. The van der Waals surface area contributed by atoms with Crippen LogP contribution in [0.3, 0.4) is 0 Å². The smallest absolute Gasteiger partial charge is 0.338 e. The Labute approximate surface area is 378 Å². The van der Waals surface area contributed by atoms with Crippen molar-refractivity contribution >= 4 is 5.97 Å². The van der Waals surface area contributed by atoms with Gasteiger partial charge in [-0.3, -0.25) is 0 Å². The van der Waals surface area contributed by atoms with E-state index in [-0.39, 0.29) is 35.4 Å². The van der Waals surface area contributed by atoms with Gasteiger partial charge in [-0.2, -0.15) is 0 Å². The van der Waals surface area contributed by atoms with E-state index in [0.29, 0.717) is 44.1 Å². The van der Waals surface area contributed by atoms with Gasteiger partial charge in [0.1, 0.15) is 36.6 Å². The number of esters is 1. The number of benzene rings is 1. The zero-order valence-corrected chi connectivity index (χ0v) is 39.1. The summed E-state index contributed by atoms with van der Waals surface area (Å²) >= 11 is 0. The minimum Gasteiger partial charge on any atom is -0.458 e. The molecule has 0 bridgehead atoms. The standard InChI is InChI=1S/C49H74O15/c1-25(50)32-18-20-49(54)33-16-15-30-21-31(17-19-47(30,5)34(33)22-37(48(32,49)6)62-45(53)29-13-11-10-12-14-29)61-38-23-35(55-7)42(27(3)58-38)63-39-24-36(56-8)43(28(4)59-39)64-46-41(52)44(57-9)40(51)26(2)60-46/h10-15,25-28,31-44,46,50-52,54H,16-24H2,1-9H3/t25-,26-,27-,28-,31+,32-,33+,34+,35+,36-,37-,38+,39+,40-,41-,42-,43-,44-,46+,47+,48+,49+/m1/s1. The summed E-state index contributed by atoms with van der Waals surface area (Å²) in [5.74, 6) is -0.557. The van der Waals surface area contributed by atoms with E-state index in [0.717, 1.165) is 19.3 Å². The third kappa shape index (κ3) is 8.55. The second kappa shape index (κ2) is 19.1. The molecule has 15 heteroatoms. The van der Waals surface area contributed by atoms with Gasteiger partial charge in [0, 0.05) is 39.6 Å². The Kier molecular flexibility index (Phi) is 14.5. The molecule has 0 spiro atoms. The van der Waals surface area contributed by atoms with Gasteiger partial charge in [0.25, 0.3) is 0 Å². The molecule has 6 fully saturated rings. The molecule has 0 aromatic heterocycles. The highest BCUT2D eigenvalue weighted by atomic mass is 16.8. The lowest BCUT2D eigenvalue weighted by molar-refractivity contribution is -0.352. The van der Waals surface area contributed by atoms with Crippen molar-refractivity contribution in [1.82, 2.24) is 0 Å². The van der Waals surface area contributed by atoms with Gasteiger partial charge < -0.3 is 67.8 Å². The zero-order chi connectivity index (χ0) is 45.9. The Morgan fingerprint density at radius 2 is 1.41 bits per heavy atom. The van der Waals surface area contributed by atoms with Gasteiger partial charge in [-0.25, -0.2) is 4.79 Å². The summed E-state index contributed by atoms with van der Waals surface area (Å²) in [7, 11) is 4.69. The first kappa shape index (κ1) is 48.4. The Morgan fingerprint density at radius 3 is 2.03 bits per heavy atom. The first-order valence-electron chi connectivity index (χ1n) is 23.7. The van der Waals surface area contributed by atoms with Gasteiger partial charge in [-0.15, -0.1) is 0 Å². The van der Waals surface area contributed by atoms with Crippen molar-refractivity contribution < 1.29 is 72.6 Å². The number of aliphatic hydroxyl groups excluding tert-OH is 3. The van der Waals surface area contributed by atoms with Crippen LogP contribution in [-0.2, 0) is 47.4 Å². The van der Waals surface area contributed by atoms with Crippen molar-refractivity contribution in [2.45, 2.75) is 203 Å². The zero-order valence-electron chi connectivity index (χ0n) is 39.1. The molecule has 3 aliphatic heterocycles. The monoisotopic (exact) mass is 903 g/mol. The van der Waals surface area contributed by atoms with Crippen molar-refractivity contribution in [2.24, 2.45) is 28.6 Å². The summed E-state index contributed by atoms with van der Waals surface area (Å²) in [5, 5.41) is 45.3. The largest absolute Gasteiger partial charge is 0.458 e. The molecule has 3 saturated carbocycles. The summed E-state index contributed by atoms with van der Waals surface area (Å²) in [5.41, 5.74) is -0.345. The Bertz CT molecular complexity index is 1780. The lowest BCUT2D eigenvalue weighted by atomic mass is 9.44. The predicted molar refractivity (Wildman–Crippen MR) is 231 cm³/mol. The number of fused-ring (bicyclic) bond motifs is 5. The third-order valence-corrected chi connectivity index (χ3v) is 17.1. The number of carbonyl (C=O) groups excluding carboxylic acids is 1. The Balaban J connectivity index is 0.900. The molecule has 0 amide bonds. The molecule has 15 nitrogen and oxygen atoms in total. The summed E-state index contributed by atoms with van der Waals surface area (Å²) in [6, 6.07) is 9.04. The van der Waals surface area contributed by atoms with Gasteiger partial charge in [0.05, 0.1) is 53.9 Å². The van der Waals surface area contributed by atoms with Crippen molar-refractivity contribution in [3.05, 3.63) is 47.5 Å². The summed E-state index contributed by atoms with van der Waals surface area (Å²) in [6.45, 7) is 11.7. The van der Waals surface area contributed by atoms with Crippen LogP contribution in [0.5, 0.6) is 0 Å². The highest BCUT2D eigenvalue weighted by Gasteiger charge is 2.71. The maximum atomic E-state index is 13.7. The average Bonchev–Trinajstić information content (AvgIpc) is 3.56. The van der Waals surface area contributed by atoms with E-state index in [2.05, 4.69) is 13.0 Å². The number of hydrogen-bond acceptors (Lipinski definition) is 15. The number of carbonyl (C=O) groups is 1. The van der Waals surface area contributed by atoms with Crippen molar-refractivity contribution in [1.29, 1.82) is 0 Å². The SMILES string of the molecule is CO[C@H]1[C@@H](O)[C@H](O[C@@H]2[C@@H](C)O[C@@H](O[C@H]3[C@@H](OC)C[C@H](O[C@H]4CC[C@@]5(C)C(=CC[C@H]6[C@@H]5C[C@@H](OC(=O)c5ccccc5)[C@]5(C)[C@@H]([C@@H](C)O)CC[C@]65O)C4)O[C@@H]3C)C[C@H]2OC)O[C@H](C)[C@H]1O. The molecular formula is C49H74O15. The van der Waals surface area contributed by atoms with Crippen LogP contribution in [0.2, 0.25) is 0 Å². The minimum atomic E-state index is -1.22. The maximum Gasteiger partial charge on any atom is 0.338 e. The quantitative estimate of drug-likeness (QED) is 0.165. The number of methoxy groups -OCH3 is 3. The van der Waals surface area contributed by atoms with Crippen LogP contribution in [0.25, 0.3) is 0 Å². The van der Waals surface area contributed by atoms with Gasteiger partial charge >= 0.3 is 5.97 Å². The topological polar surface area (TPSA) is 190 Å². The minimum absolute atomic E-state index is 0.0314. The molecule has 3 heterocycles. The number of rotatable bonds is 12. The molecule has 64 heavy (non-hydrogen) atoms. The van der Waals surface area contributed by atoms with Crippen molar-refractivity contribution in [2.75, 3.05) is 21.3 Å². The first-order chi connectivity index (χ1) is 30.5. The molecule has 8 rings (SSSR count). The Hall–Kier alpha value is -2.09. The second-order valence-electron chi connectivity index (χ2n) is 20.3. The van der Waals surface area contributed by atoms with Gasteiger partial charge in [0.15, 0.2) is 18.9 Å². The number of allylic oxidation sites excluding steroid dienone is 1. The van der Waals surface area contributed by atoms with E-state index in [1.807, 2.05) is 39.0 Å². The van der Waals surface area contributed by atoms with Crippen LogP contribution < -0.4 is 0 Å². The van der Waals surface area contributed by atoms with Gasteiger partial charge in [-0.1, -0.05) is 43.7 Å². The van der Waals surface area contributed by atoms with Crippen LogP contribution in [-0.4, -0.2) is 152 Å². The summed E-state index contributed by atoms with van der Waals surface area (Å²) in [4.78, 5) is 13.7. The van der Waals surface area contributed by atoms with E-state index in [9.17, 15) is 25.2 Å². The Morgan fingerprint density at radius 1 is 0.766 bits per heavy atom. The fraction of sp³-hybridized carbons (Fsp3) is 0.816. The van der Waals surface area contributed by atoms with Crippen LogP contribution in [0.4, 0.5) is 0 Å². The second-order valence-corrected chi connectivity index (χ2v) is 20.3. The lowest BCUT2D eigenvalue weighted by Crippen LogP contribution is -2.67. The molecular weight excluding hydrogens is 829 g/mol. The van der Waals surface area contributed by atoms with Gasteiger partial charge in [-0.05, 0) is 108 Å². The van der Waals surface area contributed by atoms with Crippen molar-refractivity contribution in [3.8, 4) is 0 Å². The molecule has 1 aromatic rings. The highest BCUT2D eigenvalue weighted by molar-refractivity contribution is 5.89. The van der Waals surface area contributed by atoms with Crippen LogP contribution in [0.15, 0.2) is 42.0 Å². The first-order valence-corrected chi connectivity index (χ1v) is 23.7. The van der Waals surface area contributed by atoms with E-state index in [4.69, 9.17) is 47.4 Å². The van der Waals surface area contributed by atoms with E-state index < -0.39 is 103 Å². The van der Waals surface area contributed by atoms with Gasteiger partial charge in [0.2, 0.25) is 0 Å². The molecule has 22 atom stereocenters. The molecule has 360 valence electrons. The van der Waals surface area contributed by atoms with Crippen LogP contribution >= 0.6 is 0 Å². The van der Waals surface area contributed by atoms with E-state index in [1.54, 1.807) is 40.2 Å². The summed E-state index contributed by atoms with van der Waals surface area (Å²) in [6.07, 6.45) is -1.95. The van der Waals surface area contributed by atoms with E-state index in [1.165, 1.54) is 12.7 Å². The number of aliphatic hydroxyl groups is 4. The van der Waals surface area contributed by atoms with E-state index >= 15 is 0 Å². The molecule has 1 aromatic carbocycles. The predicted octanol–water partition coefficient (Wildman–Crippen LogP) is 4.83. The third-order valence-electron chi connectivity index (χ3n) is 17.1. The molecule has 0 radical (unpaired) electrons. The average molecular weight is 903 g/mol. The van der Waals surface area contributed by atoms with Crippen LogP contribution in [0.1, 0.15) is 110 Å². The normalized spacial score (nSPS) is 48.6. The fourth-order valence-electron chi connectivity index (χ4n) is 13.4. The molecule has 7 aliphatic rings. The maximum absolute atomic E-state index is 13.7. The number of ether oxygens (including phenoxy) is 10. The highest BCUT2D eigenvalue weighted by Crippen LogP contribution is 2.69. The van der Waals surface area contributed by atoms with Crippen molar-refractivity contribution in [3.63, 3.8) is 0 Å². The summed E-state index contributed by atoms with van der Waals surface area (Å²) < 4.78 is 62.1. The number of hydrogen-bond donors (Lipinski definition) is 4. The molecule has 4 N–H and O–H groups in total.